The Morgan fingerprint density at radius 2 is 1.86 bits per heavy atom. The van der Waals surface area contributed by atoms with Crippen molar-refractivity contribution in [2.75, 3.05) is 6.61 Å². The standard InChI is InChI=1S/C11H16N2O/c1-4-14-10-7(2)5-9(11(12)13)6-8(10)3/h5-6H,4H2,1-3H3,(H3,12,13). The van der Waals surface area contributed by atoms with E-state index in [0.717, 1.165) is 22.4 Å². The second-order valence-electron chi connectivity index (χ2n) is 3.29. The van der Waals surface area contributed by atoms with Crippen LogP contribution in [-0.4, -0.2) is 12.4 Å². The zero-order chi connectivity index (χ0) is 10.7. The van der Waals surface area contributed by atoms with E-state index in [2.05, 4.69) is 0 Å². The summed E-state index contributed by atoms with van der Waals surface area (Å²) in [5.74, 6) is 0.997. The molecule has 0 saturated carbocycles. The third-order valence-electron chi connectivity index (χ3n) is 2.06. The van der Waals surface area contributed by atoms with Crippen molar-refractivity contribution in [3.05, 3.63) is 28.8 Å². The third-order valence-corrected chi connectivity index (χ3v) is 2.06. The number of nitrogen functional groups attached to an aromatic ring is 1. The molecule has 1 rings (SSSR count). The molecule has 76 valence electrons. The van der Waals surface area contributed by atoms with Gasteiger partial charge in [0.25, 0.3) is 0 Å². The predicted molar refractivity (Wildman–Crippen MR) is 58.1 cm³/mol. The van der Waals surface area contributed by atoms with E-state index < -0.39 is 0 Å². The van der Waals surface area contributed by atoms with Gasteiger partial charge in [0, 0.05) is 5.56 Å². The summed E-state index contributed by atoms with van der Waals surface area (Å²) in [6.07, 6.45) is 0. The number of ether oxygens (including phenoxy) is 1. The fourth-order valence-electron chi connectivity index (χ4n) is 1.48. The Labute approximate surface area is 84.4 Å². The van der Waals surface area contributed by atoms with Gasteiger partial charge < -0.3 is 10.5 Å². The lowest BCUT2D eigenvalue weighted by Gasteiger charge is -2.12. The summed E-state index contributed by atoms with van der Waals surface area (Å²) in [4.78, 5) is 0. The Kier molecular flexibility index (Phi) is 3.12. The molecule has 0 aliphatic rings. The van der Waals surface area contributed by atoms with E-state index in [-0.39, 0.29) is 5.84 Å². The Balaban J connectivity index is 3.18. The molecule has 1 aromatic carbocycles. The number of rotatable bonds is 3. The molecule has 3 N–H and O–H groups in total. The minimum absolute atomic E-state index is 0.0965. The average Bonchev–Trinajstić information content (AvgIpc) is 2.10. The van der Waals surface area contributed by atoms with Crippen molar-refractivity contribution in [3.8, 4) is 5.75 Å². The number of aryl methyl sites for hydroxylation is 2. The number of nitrogens with two attached hydrogens (primary N) is 1. The van der Waals surface area contributed by atoms with Gasteiger partial charge in [0.05, 0.1) is 6.61 Å². The second kappa shape index (κ2) is 4.13. The molecule has 0 aromatic heterocycles. The van der Waals surface area contributed by atoms with E-state index in [4.69, 9.17) is 15.9 Å². The number of nitrogens with one attached hydrogen (secondary N) is 1. The molecule has 0 amide bonds. The topological polar surface area (TPSA) is 59.1 Å². The van der Waals surface area contributed by atoms with Crippen molar-refractivity contribution >= 4 is 5.84 Å². The largest absolute Gasteiger partial charge is 0.493 e. The highest BCUT2D eigenvalue weighted by Gasteiger charge is 2.06. The highest BCUT2D eigenvalue weighted by Crippen LogP contribution is 2.24. The Hall–Kier alpha value is -1.51. The third kappa shape index (κ3) is 2.05. The SMILES string of the molecule is CCOc1c(C)cc(C(=N)N)cc1C. The maximum absolute atomic E-state index is 7.34. The van der Waals surface area contributed by atoms with Crippen LogP contribution in [-0.2, 0) is 0 Å². The van der Waals surface area contributed by atoms with Gasteiger partial charge in [-0.15, -0.1) is 0 Å². The summed E-state index contributed by atoms with van der Waals surface area (Å²) >= 11 is 0. The molecule has 3 heteroatoms. The van der Waals surface area contributed by atoms with E-state index >= 15 is 0 Å². The molecule has 0 aliphatic carbocycles. The van der Waals surface area contributed by atoms with Crippen molar-refractivity contribution in [2.45, 2.75) is 20.8 Å². The molecular weight excluding hydrogens is 176 g/mol. The van der Waals surface area contributed by atoms with Crippen LogP contribution in [0.4, 0.5) is 0 Å². The number of benzene rings is 1. The van der Waals surface area contributed by atoms with Crippen molar-refractivity contribution in [1.82, 2.24) is 0 Å². The molecule has 3 nitrogen and oxygen atoms in total. The molecule has 0 fully saturated rings. The Bertz CT molecular complexity index is 335. The fraction of sp³-hybridized carbons (Fsp3) is 0.364. The first-order valence-corrected chi connectivity index (χ1v) is 4.64. The molecule has 0 atom stereocenters. The maximum Gasteiger partial charge on any atom is 0.125 e. The van der Waals surface area contributed by atoms with Crippen LogP contribution in [0.1, 0.15) is 23.6 Å². The van der Waals surface area contributed by atoms with E-state index in [9.17, 15) is 0 Å². The predicted octanol–water partition coefficient (Wildman–Crippen LogP) is 1.99. The quantitative estimate of drug-likeness (QED) is 0.568. The zero-order valence-corrected chi connectivity index (χ0v) is 8.85. The smallest absolute Gasteiger partial charge is 0.125 e. The summed E-state index contributed by atoms with van der Waals surface area (Å²) in [6, 6.07) is 3.75. The lowest BCUT2D eigenvalue weighted by atomic mass is 10.1. The Morgan fingerprint density at radius 1 is 1.36 bits per heavy atom. The number of amidine groups is 1. The highest BCUT2D eigenvalue weighted by atomic mass is 16.5. The van der Waals surface area contributed by atoms with Crippen molar-refractivity contribution in [1.29, 1.82) is 5.41 Å². The van der Waals surface area contributed by atoms with Gasteiger partial charge in [0.1, 0.15) is 11.6 Å². The minimum atomic E-state index is 0.0965. The van der Waals surface area contributed by atoms with Crippen LogP contribution in [0, 0.1) is 19.3 Å². The van der Waals surface area contributed by atoms with Crippen LogP contribution < -0.4 is 10.5 Å². The van der Waals surface area contributed by atoms with E-state index in [1.54, 1.807) is 0 Å². The summed E-state index contributed by atoms with van der Waals surface area (Å²) < 4.78 is 5.49. The monoisotopic (exact) mass is 192 g/mol. The zero-order valence-electron chi connectivity index (χ0n) is 8.85. The average molecular weight is 192 g/mol. The summed E-state index contributed by atoms with van der Waals surface area (Å²) in [5, 5.41) is 7.34. The van der Waals surface area contributed by atoms with E-state index in [1.165, 1.54) is 0 Å². The molecule has 0 heterocycles. The first-order valence-electron chi connectivity index (χ1n) is 4.64. The summed E-state index contributed by atoms with van der Waals surface area (Å²) in [6.45, 7) is 6.54. The van der Waals surface area contributed by atoms with Crippen LogP contribution in [0.15, 0.2) is 12.1 Å². The van der Waals surface area contributed by atoms with Gasteiger partial charge in [0.2, 0.25) is 0 Å². The minimum Gasteiger partial charge on any atom is -0.493 e. The van der Waals surface area contributed by atoms with Gasteiger partial charge in [-0.2, -0.15) is 0 Å². The molecule has 1 aromatic rings. The van der Waals surface area contributed by atoms with E-state index in [1.807, 2.05) is 32.9 Å². The van der Waals surface area contributed by atoms with Gasteiger partial charge in [0.15, 0.2) is 0 Å². The van der Waals surface area contributed by atoms with Gasteiger partial charge in [-0.05, 0) is 44.0 Å². The molecule has 0 bridgehead atoms. The lowest BCUT2D eigenvalue weighted by molar-refractivity contribution is 0.335. The molecule has 0 radical (unpaired) electrons. The molecule has 0 unspecified atom stereocenters. The molecule has 0 aliphatic heterocycles. The van der Waals surface area contributed by atoms with Crippen LogP contribution in [0.25, 0.3) is 0 Å². The fourth-order valence-corrected chi connectivity index (χ4v) is 1.48. The number of hydrogen-bond acceptors (Lipinski definition) is 2. The van der Waals surface area contributed by atoms with Crippen LogP contribution in [0.3, 0.4) is 0 Å². The van der Waals surface area contributed by atoms with E-state index in [0.29, 0.717) is 6.61 Å². The van der Waals surface area contributed by atoms with Gasteiger partial charge >= 0.3 is 0 Å². The first kappa shape index (κ1) is 10.6. The number of hydrogen-bond donors (Lipinski definition) is 2. The molecular formula is C11H16N2O. The normalized spacial score (nSPS) is 9.93. The molecule has 0 saturated heterocycles. The van der Waals surface area contributed by atoms with Gasteiger partial charge in [-0.3, -0.25) is 5.41 Å². The highest BCUT2D eigenvalue weighted by molar-refractivity contribution is 5.95. The van der Waals surface area contributed by atoms with Gasteiger partial charge in [-0.25, -0.2) is 0 Å². The maximum atomic E-state index is 7.34. The molecule has 0 spiro atoms. The summed E-state index contributed by atoms with van der Waals surface area (Å²) in [5.41, 5.74) is 8.22. The lowest BCUT2D eigenvalue weighted by Crippen LogP contribution is -2.12. The summed E-state index contributed by atoms with van der Waals surface area (Å²) in [7, 11) is 0. The van der Waals surface area contributed by atoms with Crippen molar-refractivity contribution < 1.29 is 4.74 Å². The second-order valence-corrected chi connectivity index (χ2v) is 3.29. The van der Waals surface area contributed by atoms with Crippen LogP contribution in [0.5, 0.6) is 5.75 Å². The van der Waals surface area contributed by atoms with Crippen LogP contribution in [0.2, 0.25) is 0 Å². The van der Waals surface area contributed by atoms with Crippen LogP contribution >= 0.6 is 0 Å². The first-order chi connectivity index (χ1) is 6.56. The molecule has 14 heavy (non-hydrogen) atoms. The van der Waals surface area contributed by atoms with Crippen molar-refractivity contribution in [2.24, 2.45) is 5.73 Å². The van der Waals surface area contributed by atoms with Crippen molar-refractivity contribution in [3.63, 3.8) is 0 Å². The Morgan fingerprint density at radius 3 is 2.21 bits per heavy atom. The van der Waals surface area contributed by atoms with Gasteiger partial charge in [-0.1, -0.05) is 0 Å².